The minimum absolute atomic E-state index is 0.0108. The van der Waals surface area contributed by atoms with Gasteiger partial charge in [-0.3, -0.25) is 0 Å². The number of sulfonamides is 1. The lowest BCUT2D eigenvalue weighted by Crippen LogP contribution is -2.22. The van der Waals surface area contributed by atoms with E-state index in [0.29, 0.717) is 13.0 Å². The van der Waals surface area contributed by atoms with E-state index in [1.807, 2.05) is 20.8 Å². The van der Waals surface area contributed by atoms with Gasteiger partial charge in [0.2, 0.25) is 10.0 Å². The van der Waals surface area contributed by atoms with Gasteiger partial charge in [0.25, 0.3) is 0 Å². The lowest BCUT2D eigenvalue weighted by Gasteiger charge is -2.18. The number of primary sulfonamides is 1. The minimum Gasteiger partial charge on any atom is -0.376 e. The minimum atomic E-state index is -3.32. The summed E-state index contributed by atoms with van der Waals surface area (Å²) in [6.07, 6.45) is 0.454. The second-order valence-corrected chi connectivity index (χ2v) is 5.42. The molecule has 0 aliphatic carbocycles. The molecule has 74 valence electrons. The second-order valence-electron chi connectivity index (χ2n) is 3.68. The van der Waals surface area contributed by atoms with Crippen molar-refractivity contribution in [3.63, 3.8) is 0 Å². The Balaban J connectivity index is 3.48. The fraction of sp³-hybridized carbons (Fsp3) is 1.00. The largest absolute Gasteiger partial charge is 0.376 e. The summed E-state index contributed by atoms with van der Waals surface area (Å²) in [6.45, 7) is 6.19. The predicted molar refractivity (Wildman–Crippen MR) is 48.3 cm³/mol. The molecule has 0 rings (SSSR count). The molecule has 4 nitrogen and oxygen atoms in total. The highest BCUT2D eigenvalue weighted by atomic mass is 32.2. The molecule has 0 aliphatic heterocycles. The zero-order valence-electron chi connectivity index (χ0n) is 7.83. The van der Waals surface area contributed by atoms with Gasteiger partial charge >= 0.3 is 0 Å². The van der Waals surface area contributed by atoms with Crippen LogP contribution in [-0.4, -0.2) is 26.4 Å². The summed E-state index contributed by atoms with van der Waals surface area (Å²) in [5, 5.41) is 4.80. The van der Waals surface area contributed by atoms with Crippen LogP contribution in [0.4, 0.5) is 0 Å². The van der Waals surface area contributed by atoms with Crippen LogP contribution in [0.25, 0.3) is 0 Å². The molecular formula is C7H17NO3S. The Morgan fingerprint density at radius 2 is 1.83 bits per heavy atom. The van der Waals surface area contributed by atoms with E-state index >= 15 is 0 Å². The lowest BCUT2D eigenvalue weighted by atomic mass is 10.2. The van der Waals surface area contributed by atoms with Crippen molar-refractivity contribution in [2.24, 2.45) is 5.14 Å². The van der Waals surface area contributed by atoms with Crippen molar-refractivity contribution >= 4 is 10.0 Å². The van der Waals surface area contributed by atoms with E-state index in [4.69, 9.17) is 9.88 Å². The fourth-order valence-corrected chi connectivity index (χ4v) is 1.16. The third kappa shape index (κ3) is 9.87. The first kappa shape index (κ1) is 11.9. The summed E-state index contributed by atoms with van der Waals surface area (Å²) in [5.74, 6) is -0.0108. The van der Waals surface area contributed by atoms with Gasteiger partial charge in [-0.2, -0.15) is 0 Å². The molecule has 12 heavy (non-hydrogen) atoms. The van der Waals surface area contributed by atoms with Crippen LogP contribution in [0, 0.1) is 0 Å². The van der Waals surface area contributed by atoms with Gasteiger partial charge in [0, 0.05) is 6.61 Å². The first-order chi connectivity index (χ1) is 5.21. The van der Waals surface area contributed by atoms with E-state index in [1.165, 1.54) is 0 Å². The molecular weight excluding hydrogens is 178 g/mol. The Bertz CT molecular complexity index is 215. The first-order valence-electron chi connectivity index (χ1n) is 3.85. The zero-order chi connectivity index (χ0) is 9.83. The van der Waals surface area contributed by atoms with Crippen LogP contribution in [0.15, 0.2) is 0 Å². The van der Waals surface area contributed by atoms with Crippen LogP contribution < -0.4 is 5.14 Å². The van der Waals surface area contributed by atoms with Gasteiger partial charge in [0.1, 0.15) is 0 Å². The molecule has 0 aromatic carbocycles. The molecule has 0 saturated heterocycles. The van der Waals surface area contributed by atoms with Crippen LogP contribution in [0.5, 0.6) is 0 Å². The zero-order valence-corrected chi connectivity index (χ0v) is 8.65. The molecule has 0 saturated carbocycles. The van der Waals surface area contributed by atoms with Crippen molar-refractivity contribution in [3.05, 3.63) is 0 Å². The molecule has 0 spiro atoms. The molecule has 2 N–H and O–H groups in total. The van der Waals surface area contributed by atoms with Crippen molar-refractivity contribution in [2.45, 2.75) is 32.8 Å². The first-order valence-corrected chi connectivity index (χ1v) is 5.57. The molecule has 0 atom stereocenters. The summed E-state index contributed by atoms with van der Waals surface area (Å²) in [5.41, 5.74) is -0.210. The Kier molecular flexibility index (Phi) is 4.16. The number of nitrogens with two attached hydrogens (primary N) is 1. The van der Waals surface area contributed by atoms with E-state index in [2.05, 4.69) is 0 Å². The van der Waals surface area contributed by atoms with Crippen LogP contribution in [0.3, 0.4) is 0 Å². The Labute approximate surface area is 74.1 Å². The van der Waals surface area contributed by atoms with Gasteiger partial charge in [0.15, 0.2) is 0 Å². The summed E-state index contributed by atoms with van der Waals surface area (Å²) in [7, 11) is -3.32. The molecule has 0 radical (unpaired) electrons. The Morgan fingerprint density at radius 3 is 2.17 bits per heavy atom. The highest BCUT2D eigenvalue weighted by molar-refractivity contribution is 7.89. The number of ether oxygens (including phenoxy) is 1. The van der Waals surface area contributed by atoms with Crippen molar-refractivity contribution in [2.75, 3.05) is 12.4 Å². The average Bonchev–Trinajstić information content (AvgIpc) is 1.76. The third-order valence-electron chi connectivity index (χ3n) is 1.11. The van der Waals surface area contributed by atoms with Gasteiger partial charge in [0.05, 0.1) is 11.4 Å². The van der Waals surface area contributed by atoms with Gasteiger partial charge in [-0.1, -0.05) is 0 Å². The molecule has 0 unspecified atom stereocenters. The highest BCUT2D eigenvalue weighted by Gasteiger charge is 2.10. The van der Waals surface area contributed by atoms with Crippen molar-refractivity contribution < 1.29 is 13.2 Å². The van der Waals surface area contributed by atoms with Crippen LogP contribution in [0.1, 0.15) is 27.2 Å². The van der Waals surface area contributed by atoms with Crippen LogP contribution in [0.2, 0.25) is 0 Å². The Hall–Kier alpha value is -0.130. The monoisotopic (exact) mass is 195 g/mol. The van der Waals surface area contributed by atoms with E-state index < -0.39 is 10.0 Å². The van der Waals surface area contributed by atoms with Crippen molar-refractivity contribution in [3.8, 4) is 0 Å². The highest BCUT2D eigenvalue weighted by Crippen LogP contribution is 2.06. The standard InChI is InChI=1S/C7H17NO3S/c1-7(2,3)11-5-4-6-12(8,9)10/h4-6H2,1-3H3,(H2,8,9,10). The van der Waals surface area contributed by atoms with E-state index in [0.717, 1.165) is 0 Å². The molecule has 0 aromatic rings. The van der Waals surface area contributed by atoms with E-state index in [9.17, 15) is 8.42 Å². The van der Waals surface area contributed by atoms with Crippen molar-refractivity contribution in [1.82, 2.24) is 0 Å². The van der Waals surface area contributed by atoms with Crippen LogP contribution >= 0.6 is 0 Å². The molecule has 0 heterocycles. The second kappa shape index (κ2) is 4.20. The maximum Gasteiger partial charge on any atom is 0.209 e. The van der Waals surface area contributed by atoms with Gasteiger partial charge < -0.3 is 4.74 Å². The van der Waals surface area contributed by atoms with Gasteiger partial charge in [-0.25, -0.2) is 13.6 Å². The SMILES string of the molecule is CC(C)(C)OCCCS(N)(=O)=O. The quantitative estimate of drug-likeness (QED) is 0.663. The maximum atomic E-state index is 10.5. The predicted octanol–water partition coefficient (Wildman–Crippen LogP) is 0.480. The third-order valence-corrected chi connectivity index (χ3v) is 1.97. The van der Waals surface area contributed by atoms with Crippen LogP contribution in [-0.2, 0) is 14.8 Å². The summed E-state index contributed by atoms with van der Waals surface area (Å²) < 4.78 is 26.3. The smallest absolute Gasteiger partial charge is 0.209 e. The molecule has 0 aromatic heterocycles. The number of hydrogen-bond acceptors (Lipinski definition) is 3. The number of rotatable bonds is 4. The molecule has 0 aliphatic rings. The molecule has 0 amide bonds. The molecule has 0 bridgehead atoms. The number of hydrogen-bond donors (Lipinski definition) is 1. The molecule has 0 fully saturated rings. The van der Waals surface area contributed by atoms with E-state index in [1.54, 1.807) is 0 Å². The van der Waals surface area contributed by atoms with Gasteiger partial charge in [-0.15, -0.1) is 0 Å². The summed E-state index contributed by atoms with van der Waals surface area (Å²) in [4.78, 5) is 0. The average molecular weight is 195 g/mol. The normalized spacial score (nSPS) is 13.3. The fourth-order valence-electron chi connectivity index (χ4n) is 0.638. The van der Waals surface area contributed by atoms with Crippen molar-refractivity contribution in [1.29, 1.82) is 0 Å². The lowest BCUT2D eigenvalue weighted by molar-refractivity contribution is -0.00211. The summed E-state index contributed by atoms with van der Waals surface area (Å²) in [6, 6.07) is 0. The summed E-state index contributed by atoms with van der Waals surface area (Å²) >= 11 is 0. The maximum absolute atomic E-state index is 10.5. The Morgan fingerprint density at radius 1 is 1.33 bits per heavy atom. The van der Waals surface area contributed by atoms with E-state index in [-0.39, 0.29) is 11.4 Å². The van der Waals surface area contributed by atoms with Gasteiger partial charge in [-0.05, 0) is 27.2 Å². The topological polar surface area (TPSA) is 69.4 Å². The molecule has 5 heteroatoms.